The molecule has 33 nitrogen and oxygen atoms in total. The monoisotopic (exact) mass is 1710 g/mol. The van der Waals surface area contributed by atoms with Gasteiger partial charge in [0.2, 0.25) is 0 Å². The number of anilines is 3. The van der Waals surface area contributed by atoms with E-state index in [1.54, 1.807) is 36.4 Å². The summed E-state index contributed by atoms with van der Waals surface area (Å²) in [4.78, 5) is 36.7. The third-order valence-electron chi connectivity index (χ3n) is 15.5. The summed E-state index contributed by atoms with van der Waals surface area (Å²) in [6.45, 7) is 9.99. The smallest absolute Gasteiger partial charge is 0.744 e. The Hall–Kier alpha value is -10.4. The molecule has 43 heteroatoms. The normalized spacial score (nSPS) is 16.2. The Bertz CT molecular complexity index is 5510. The quantitative estimate of drug-likeness (QED) is 0.0279. The van der Waals surface area contributed by atoms with E-state index in [1.807, 2.05) is 20.8 Å². The topological polar surface area (TPSA) is 474 Å². The third-order valence-corrected chi connectivity index (χ3v) is 22.6. The van der Waals surface area contributed by atoms with Gasteiger partial charge in [-0.05, 0) is 205 Å². The molecule has 0 radical (unpaired) electrons. The molecule has 3 aliphatic rings. The van der Waals surface area contributed by atoms with Gasteiger partial charge in [0.1, 0.15) is 62.3 Å². The number of amides is 3. The molecule has 3 amide bonds. The van der Waals surface area contributed by atoms with Crippen molar-refractivity contribution in [3.63, 3.8) is 0 Å². The molecule has 0 fully saturated rings. The molecule has 0 spiro atoms. The van der Waals surface area contributed by atoms with Crippen LogP contribution in [-0.2, 0) is 75.1 Å². The van der Waals surface area contributed by atoms with Crippen LogP contribution in [0.15, 0.2) is 276 Å². The van der Waals surface area contributed by atoms with Crippen LogP contribution in [-0.4, -0.2) is 135 Å². The fourth-order valence-electron chi connectivity index (χ4n) is 9.89. The number of carbonyl (C=O) groups is 3. The van der Waals surface area contributed by atoms with Crippen molar-refractivity contribution in [1.82, 2.24) is 0 Å². The summed E-state index contributed by atoms with van der Waals surface area (Å²) in [7, 11) is -26.9. The minimum absolute atomic E-state index is 0. The van der Waals surface area contributed by atoms with Gasteiger partial charge in [-0.1, -0.05) is 87.9 Å². The summed E-state index contributed by atoms with van der Waals surface area (Å²) < 4.78 is 195. The van der Waals surface area contributed by atoms with Gasteiger partial charge in [0.25, 0.3) is 17.7 Å². The molecule has 3 atom stereocenters. The van der Waals surface area contributed by atoms with Crippen LogP contribution in [0.4, 0.5) is 34.1 Å². The summed E-state index contributed by atoms with van der Waals surface area (Å²) >= 11 is 17.4. The molecule has 3 aliphatic heterocycles. The van der Waals surface area contributed by atoms with Crippen molar-refractivity contribution in [3.05, 3.63) is 232 Å². The van der Waals surface area contributed by atoms with Crippen LogP contribution in [0.1, 0.15) is 37.5 Å². The van der Waals surface area contributed by atoms with E-state index in [4.69, 9.17) is 47.4 Å². The molecule has 0 N–H and O–H groups in total. The Balaban J connectivity index is 0.000000192. The van der Waals surface area contributed by atoms with E-state index in [0.717, 1.165) is 49.9 Å². The first-order valence-corrected chi connectivity index (χ1v) is 41.1. The summed E-state index contributed by atoms with van der Waals surface area (Å²) in [5.74, 6) is -2.02. The summed E-state index contributed by atoms with van der Waals surface area (Å²) in [6, 6.07) is 42.4. The third kappa shape index (κ3) is 21.0. The molecule has 576 valence electrons. The van der Waals surface area contributed by atoms with E-state index >= 15 is 0 Å². The van der Waals surface area contributed by atoms with Gasteiger partial charge in [-0.2, -0.15) is 86.3 Å². The maximum atomic E-state index is 12.9. The molecular weight excluding hydrogens is 1660 g/mol. The van der Waals surface area contributed by atoms with Crippen molar-refractivity contribution in [2.45, 2.75) is 89.0 Å². The van der Waals surface area contributed by atoms with E-state index in [2.05, 4.69) is 46.0 Å². The largest absolute Gasteiger partial charge is 3.00 e. The standard InChI is InChI=1S/3C23H19ClN4O7S2.Al/c3*1-14-3-10-19(11-4-14)37(33,34)35-18-8-6-17(7-9-18)25-26-22-15(2)27-28(23(22)29)20-12-5-16(24)13-21(20)36(30,31)32;/h3*3-13,22H,1-2H3,(H,30,31,32);/q;;;+3/p-3. The van der Waals surface area contributed by atoms with Gasteiger partial charge in [-0.15, -0.1) is 0 Å². The van der Waals surface area contributed by atoms with Gasteiger partial charge < -0.3 is 26.2 Å². The van der Waals surface area contributed by atoms with Crippen molar-refractivity contribution < 1.29 is 91.1 Å². The molecule has 0 saturated carbocycles. The van der Waals surface area contributed by atoms with E-state index < -0.39 is 111 Å². The maximum absolute atomic E-state index is 12.9. The molecular formula is C69H54AlCl3N12O21S6. The zero-order valence-electron chi connectivity index (χ0n) is 58.4. The average molecular weight is 1710 g/mol. The van der Waals surface area contributed by atoms with Crippen LogP contribution in [0.2, 0.25) is 15.1 Å². The maximum Gasteiger partial charge on any atom is 3.00 e. The molecule has 0 bridgehead atoms. The van der Waals surface area contributed by atoms with Crippen LogP contribution >= 0.6 is 34.8 Å². The van der Waals surface area contributed by atoms with Gasteiger partial charge in [-0.25, -0.2) is 25.3 Å². The Morgan fingerprint density at radius 2 is 0.545 bits per heavy atom. The van der Waals surface area contributed by atoms with Crippen molar-refractivity contribution >= 4 is 182 Å². The molecule has 9 aromatic carbocycles. The number of rotatable bonds is 21. The van der Waals surface area contributed by atoms with Crippen LogP contribution in [0.25, 0.3) is 0 Å². The van der Waals surface area contributed by atoms with Crippen molar-refractivity contribution in [2.24, 2.45) is 46.0 Å². The number of aryl methyl sites for hydroxylation is 3. The second kappa shape index (κ2) is 34.7. The molecule has 112 heavy (non-hydrogen) atoms. The number of hydrazone groups is 3. The zero-order valence-corrected chi connectivity index (χ0v) is 66.7. The number of hydrogen-bond acceptors (Lipinski definition) is 30. The second-order valence-electron chi connectivity index (χ2n) is 23.8. The summed E-state index contributed by atoms with van der Waals surface area (Å²) in [5, 5.41) is 38.4. The van der Waals surface area contributed by atoms with Gasteiger partial charge in [-0.3, -0.25) is 14.4 Å². The molecule has 0 aliphatic carbocycles. The second-order valence-corrected chi connectivity index (χ2v) is 33.8. The molecule has 12 rings (SSSR count). The van der Waals surface area contributed by atoms with Crippen LogP contribution < -0.4 is 27.6 Å². The summed E-state index contributed by atoms with van der Waals surface area (Å²) in [6.07, 6.45) is 0. The Labute approximate surface area is 667 Å². The molecule has 0 aromatic heterocycles. The number of azo groups is 3. The van der Waals surface area contributed by atoms with Crippen LogP contribution in [0.5, 0.6) is 17.2 Å². The number of hydrogen-bond donors (Lipinski definition) is 0. The number of halogens is 3. The fraction of sp³-hybridized carbons (Fsp3) is 0.130. The van der Waals surface area contributed by atoms with Crippen molar-refractivity contribution in [1.29, 1.82) is 0 Å². The van der Waals surface area contributed by atoms with Gasteiger partial charge >= 0.3 is 47.7 Å². The number of carbonyl (C=O) groups excluding carboxylic acids is 3. The molecule has 3 unspecified atom stereocenters. The average Bonchev–Trinajstić information content (AvgIpc) is 1.60. The SMILES string of the molecule is CC1=NN(c2ccc(Cl)cc2S(=O)(=O)[O-])C(=O)C1N=Nc1ccc(OS(=O)(=O)c2ccc(C)cc2)cc1.CC1=NN(c2ccc(Cl)cc2S(=O)(=O)[O-])C(=O)C1N=Nc1ccc(OS(=O)(=O)c2ccc(C)cc2)cc1.CC1=NN(c2ccc(Cl)cc2S(=O)(=O)[O-])C(=O)C1N=Nc1ccc(OS(=O)(=O)c2ccc(C)cc2)cc1.[Al+3]. The molecule has 3 heterocycles. The van der Waals surface area contributed by atoms with Crippen molar-refractivity contribution in [2.75, 3.05) is 15.0 Å². The minimum atomic E-state index is -4.95. The van der Waals surface area contributed by atoms with E-state index in [9.17, 15) is 78.5 Å². The zero-order chi connectivity index (χ0) is 80.9. The van der Waals surface area contributed by atoms with Crippen molar-refractivity contribution in [3.8, 4) is 17.2 Å². The first kappa shape index (κ1) is 85.6. The fourth-order valence-corrected chi connectivity index (χ4v) is 15.4. The first-order chi connectivity index (χ1) is 52.0. The number of nitrogens with zero attached hydrogens (tertiary/aromatic N) is 12. The Kier molecular flexibility index (Phi) is 26.5. The molecule has 0 saturated heterocycles. The van der Waals surface area contributed by atoms with E-state index in [1.165, 1.54) is 166 Å². The van der Waals surface area contributed by atoms with Gasteiger partial charge in [0, 0.05) is 15.1 Å². The Morgan fingerprint density at radius 1 is 0.330 bits per heavy atom. The van der Waals surface area contributed by atoms with Crippen LogP contribution in [0.3, 0.4) is 0 Å². The van der Waals surface area contributed by atoms with Gasteiger partial charge in [0.05, 0.1) is 65.9 Å². The molecule has 9 aromatic rings. The predicted molar refractivity (Wildman–Crippen MR) is 407 cm³/mol. The first-order valence-electron chi connectivity index (χ1n) is 31.5. The predicted octanol–water partition coefficient (Wildman–Crippen LogP) is 12.2. The number of benzene rings is 9. The minimum Gasteiger partial charge on any atom is -0.744 e. The Morgan fingerprint density at radius 3 is 0.750 bits per heavy atom. The summed E-state index contributed by atoms with van der Waals surface area (Å²) in [5.41, 5.74) is 3.44. The van der Waals surface area contributed by atoms with E-state index in [-0.39, 0.29) is 116 Å². The van der Waals surface area contributed by atoms with Gasteiger partial charge in [0.15, 0.2) is 18.1 Å². The van der Waals surface area contributed by atoms with E-state index in [0.29, 0.717) is 0 Å². The van der Waals surface area contributed by atoms with Crippen LogP contribution in [0, 0.1) is 20.8 Å².